The maximum Gasteiger partial charge on any atom is 0.175 e. The molecule has 3 rings (SSSR count). The molecule has 1 aromatic rings. The molecule has 1 aromatic carbocycles. The second kappa shape index (κ2) is 5.85. The number of rotatable bonds is 2. The predicted octanol–water partition coefficient (Wildman–Crippen LogP) is 2.54. The number of hydrogen-bond donors (Lipinski definition) is 0. The van der Waals surface area contributed by atoms with Gasteiger partial charge in [-0.2, -0.15) is 0 Å². The van der Waals surface area contributed by atoms with Gasteiger partial charge in [0.15, 0.2) is 15.6 Å². The third-order valence-corrected chi connectivity index (χ3v) is 6.63. The number of Topliss-reactive ketones (excluding diaryl/α,β-unsaturated/α-hetero) is 1. The van der Waals surface area contributed by atoms with Crippen LogP contribution >= 0.6 is 0 Å². The number of hydrogen-bond acceptors (Lipinski definition) is 5. The lowest BCUT2D eigenvalue weighted by atomic mass is 9.74. The molecule has 0 aromatic heterocycles. The van der Waals surface area contributed by atoms with Crippen molar-refractivity contribution in [3.05, 3.63) is 23.8 Å². The maximum atomic E-state index is 12.9. The maximum absolute atomic E-state index is 12.9. The number of sulfone groups is 1. The zero-order valence-electron chi connectivity index (χ0n) is 14.7. The van der Waals surface area contributed by atoms with E-state index in [4.69, 9.17) is 4.74 Å². The second-order valence-electron chi connectivity index (χ2n) is 7.31. The summed E-state index contributed by atoms with van der Waals surface area (Å²) >= 11 is 0. The number of fused-ring (bicyclic) bond motifs is 1. The Balaban J connectivity index is 1.93. The van der Waals surface area contributed by atoms with Crippen LogP contribution in [0.3, 0.4) is 0 Å². The van der Waals surface area contributed by atoms with Gasteiger partial charge in [-0.05, 0) is 32.0 Å². The van der Waals surface area contributed by atoms with E-state index in [2.05, 4.69) is 18.7 Å². The van der Waals surface area contributed by atoms with Gasteiger partial charge in [-0.1, -0.05) is 6.92 Å². The molecule has 132 valence electrons. The fraction of sp³-hybridized carbons (Fsp3) is 0.611. The lowest BCUT2D eigenvalue weighted by Gasteiger charge is -2.48. The molecule has 1 atom stereocenters. The zero-order valence-corrected chi connectivity index (χ0v) is 15.5. The van der Waals surface area contributed by atoms with Crippen molar-refractivity contribution < 1.29 is 17.9 Å². The van der Waals surface area contributed by atoms with Gasteiger partial charge < -0.3 is 9.64 Å². The molecule has 24 heavy (non-hydrogen) atoms. The Hall–Kier alpha value is -1.40. The molecule has 1 saturated heterocycles. The fourth-order valence-electron chi connectivity index (χ4n) is 3.75. The first-order valence-electron chi connectivity index (χ1n) is 8.45. The Labute approximate surface area is 143 Å². The SMILES string of the molecule is CC(C)N1CCC2(CC1)Oc1ccc(S(C)(=O)=O)cc1C(=O)C2C. The van der Waals surface area contributed by atoms with Crippen LogP contribution in [-0.4, -0.2) is 50.1 Å². The molecule has 2 heterocycles. The van der Waals surface area contributed by atoms with Crippen molar-refractivity contribution >= 4 is 15.6 Å². The number of carbonyl (C=O) groups is 1. The van der Waals surface area contributed by atoms with E-state index >= 15 is 0 Å². The van der Waals surface area contributed by atoms with E-state index in [0.717, 1.165) is 32.2 Å². The number of ether oxygens (including phenoxy) is 1. The standard InChI is InChI=1S/C18H25NO4S/c1-12(2)19-9-7-18(8-10-19)13(3)17(20)15-11-14(24(4,21)22)5-6-16(15)23-18/h5-6,11-13H,7-10H2,1-4H3. The summed E-state index contributed by atoms with van der Waals surface area (Å²) in [5.74, 6) is 0.234. The van der Waals surface area contributed by atoms with E-state index < -0.39 is 15.4 Å². The predicted molar refractivity (Wildman–Crippen MR) is 92.3 cm³/mol. The molecule has 5 nitrogen and oxygen atoms in total. The van der Waals surface area contributed by atoms with E-state index in [9.17, 15) is 13.2 Å². The van der Waals surface area contributed by atoms with Crippen molar-refractivity contribution in [3.63, 3.8) is 0 Å². The molecular formula is C18H25NO4S. The van der Waals surface area contributed by atoms with Crippen LogP contribution in [0.2, 0.25) is 0 Å². The summed E-state index contributed by atoms with van der Waals surface area (Å²) in [6, 6.07) is 5.10. The lowest BCUT2D eigenvalue weighted by molar-refractivity contribution is -0.0441. The summed E-state index contributed by atoms with van der Waals surface area (Å²) in [7, 11) is -3.34. The average Bonchev–Trinajstić information content (AvgIpc) is 2.52. The highest BCUT2D eigenvalue weighted by Crippen LogP contribution is 2.43. The first kappa shape index (κ1) is 17.4. The van der Waals surface area contributed by atoms with Crippen molar-refractivity contribution in [1.82, 2.24) is 4.90 Å². The summed E-state index contributed by atoms with van der Waals surface area (Å²) in [4.78, 5) is 15.5. The highest BCUT2D eigenvalue weighted by Gasteiger charge is 2.49. The van der Waals surface area contributed by atoms with E-state index in [1.165, 1.54) is 12.1 Å². The molecule has 0 radical (unpaired) electrons. The summed E-state index contributed by atoms with van der Waals surface area (Å²) < 4.78 is 29.8. The van der Waals surface area contributed by atoms with Gasteiger partial charge in [0.2, 0.25) is 0 Å². The van der Waals surface area contributed by atoms with E-state index in [0.29, 0.717) is 17.4 Å². The molecule has 0 saturated carbocycles. The zero-order chi connectivity index (χ0) is 17.7. The molecular weight excluding hydrogens is 326 g/mol. The molecule has 0 bridgehead atoms. The van der Waals surface area contributed by atoms with Crippen molar-refractivity contribution in [3.8, 4) is 5.75 Å². The molecule has 2 aliphatic rings. The summed E-state index contributed by atoms with van der Waals surface area (Å²) in [5.41, 5.74) is -0.0791. The molecule has 0 N–H and O–H groups in total. The van der Waals surface area contributed by atoms with Gasteiger partial charge in [-0.3, -0.25) is 4.79 Å². The number of nitrogens with zero attached hydrogens (tertiary/aromatic N) is 1. The second-order valence-corrected chi connectivity index (χ2v) is 9.33. The highest BCUT2D eigenvalue weighted by atomic mass is 32.2. The Kier molecular flexibility index (Phi) is 4.24. The summed E-state index contributed by atoms with van der Waals surface area (Å²) in [6.45, 7) is 8.08. The van der Waals surface area contributed by atoms with E-state index in [1.54, 1.807) is 6.07 Å². The normalized spacial score (nSPS) is 24.0. The minimum atomic E-state index is -3.34. The van der Waals surface area contributed by atoms with Crippen LogP contribution in [0.25, 0.3) is 0 Å². The van der Waals surface area contributed by atoms with E-state index in [1.807, 2.05) is 6.92 Å². The van der Waals surface area contributed by atoms with Crippen molar-refractivity contribution in [2.75, 3.05) is 19.3 Å². The molecule has 0 amide bonds. The van der Waals surface area contributed by atoms with Gasteiger partial charge in [-0.25, -0.2) is 8.42 Å². The van der Waals surface area contributed by atoms with Crippen LogP contribution in [0.1, 0.15) is 44.0 Å². The van der Waals surface area contributed by atoms with Gasteiger partial charge in [0.1, 0.15) is 11.4 Å². The van der Waals surface area contributed by atoms with Crippen LogP contribution in [0.4, 0.5) is 0 Å². The number of piperidine rings is 1. The number of carbonyl (C=O) groups excluding carboxylic acids is 1. The average molecular weight is 351 g/mol. The number of benzene rings is 1. The quantitative estimate of drug-likeness (QED) is 0.819. The third kappa shape index (κ3) is 2.86. The van der Waals surface area contributed by atoms with Gasteiger partial charge in [0, 0.05) is 38.2 Å². The van der Waals surface area contributed by atoms with E-state index in [-0.39, 0.29) is 16.6 Å². The molecule has 1 spiro atoms. The minimum absolute atomic E-state index is 0.0141. The molecule has 2 aliphatic heterocycles. The topological polar surface area (TPSA) is 63.7 Å². The smallest absolute Gasteiger partial charge is 0.175 e. The van der Waals surface area contributed by atoms with Gasteiger partial charge in [-0.15, -0.1) is 0 Å². The van der Waals surface area contributed by atoms with Crippen LogP contribution in [0.15, 0.2) is 23.1 Å². The summed E-state index contributed by atoms with van der Waals surface area (Å²) in [6.07, 6.45) is 2.77. The Bertz CT molecular complexity index is 761. The lowest BCUT2D eigenvalue weighted by Crippen LogP contribution is -2.56. The van der Waals surface area contributed by atoms with Crippen molar-refractivity contribution in [1.29, 1.82) is 0 Å². The summed E-state index contributed by atoms with van der Waals surface area (Å²) in [5, 5.41) is 0. The molecule has 0 aliphatic carbocycles. The van der Waals surface area contributed by atoms with Crippen LogP contribution in [0.5, 0.6) is 5.75 Å². The van der Waals surface area contributed by atoms with Crippen molar-refractivity contribution in [2.45, 2.75) is 50.2 Å². The fourth-order valence-corrected chi connectivity index (χ4v) is 4.40. The molecule has 6 heteroatoms. The third-order valence-electron chi connectivity index (χ3n) is 5.51. The Morgan fingerprint density at radius 2 is 1.88 bits per heavy atom. The monoisotopic (exact) mass is 351 g/mol. The highest BCUT2D eigenvalue weighted by molar-refractivity contribution is 7.90. The number of likely N-dealkylation sites (tertiary alicyclic amines) is 1. The first-order chi connectivity index (χ1) is 11.1. The first-order valence-corrected chi connectivity index (χ1v) is 10.3. The van der Waals surface area contributed by atoms with Gasteiger partial charge in [0.05, 0.1) is 16.4 Å². The van der Waals surface area contributed by atoms with Gasteiger partial charge >= 0.3 is 0 Å². The Morgan fingerprint density at radius 3 is 2.42 bits per heavy atom. The number of ketones is 1. The largest absolute Gasteiger partial charge is 0.486 e. The van der Waals surface area contributed by atoms with Crippen LogP contribution < -0.4 is 4.74 Å². The minimum Gasteiger partial charge on any atom is -0.486 e. The Morgan fingerprint density at radius 1 is 1.25 bits per heavy atom. The van der Waals surface area contributed by atoms with Crippen LogP contribution in [-0.2, 0) is 9.84 Å². The van der Waals surface area contributed by atoms with Crippen LogP contribution in [0, 0.1) is 5.92 Å². The van der Waals surface area contributed by atoms with Crippen molar-refractivity contribution in [2.24, 2.45) is 5.92 Å². The molecule has 1 unspecified atom stereocenters. The van der Waals surface area contributed by atoms with Gasteiger partial charge in [0.25, 0.3) is 0 Å². The molecule has 1 fully saturated rings.